The second kappa shape index (κ2) is 4.57. The van der Waals surface area contributed by atoms with Crippen molar-refractivity contribution in [3.8, 4) is 0 Å². The highest BCUT2D eigenvalue weighted by atomic mass is 35.5. The highest BCUT2D eigenvalue weighted by Gasteiger charge is 2.33. The first-order chi connectivity index (χ1) is 7.12. The molecule has 0 radical (unpaired) electrons. The fraction of sp³-hybridized carbons (Fsp3) is 1.00. The van der Waals surface area contributed by atoms with Crippen molar-refractivity contribution < 1.29 is 8.42 Å². The molecular weight excluding hydrogens is 236 g/mol. The molecule has 1 aliphatic carbocycles. The molecule has 0 spiro atoms. The molecule has 1 N–H and O–H groups in total. The Hall–Kier alpha value is 0.160. The summed E-state index contributed by atoms with van der Waals surface area (Å²) < 4.78 is 28.0. The van der Waals surface area contributed by atoms with E-state index < -0.39 is 10.2 Å². The summed E-state index contributed by atoms with van der Waals surface area (Å²) in [5.74, 6) is 0.867. The lowest BCUT2D eigenvalue weighted by molar-refractivity contribution is 0.280. The molecule has 0 aromatic rings. The number of alkyl halides is 1. The predicted octanol–water partition coefficient (Wildman–Crippen LogP) is 0.934. The molecule has 1 unspecified atom stereocenters. The lowest BCUT2D eigenvalue weighted by Gasteiger charge is -2.30. The van der Waals surface area contributed by atoms with Crippen LogP contribution in [-0.4, -0.2) is 37.7 Å². The Morgan fingerprint density at radius 3 is 2.67 bits per heavy atom. The number of halogens is 1. The van der Waals surface area contributed by atoms with Gasteiger partial charge < -0.3 is 0 Å². The van der Waals surface area contributed by atoms with Gasteiger partial charge in [-0.3, -0.25) is 0 Å². The van der Waals surface area contributed by atoms with Crippen LogP contribution < -0.4 is 4.72 Å². The molecule has 4 nitrogen and oxygen atoms in total. The van der Waals surface area contributed by atoms with Crippen LogP contribution in [0.1, 0.15) is 25.7 Å². The Kier molecular flexibility index (Phi) is 3.55. The summed E-state index contributed by atoms with van der Waals surface area (Å²) in [4.78, 5) is 0. The number of nitrogens with zero attached hydrogens (tertiary/aromatic N) is 1. The van der Waals surface area contributed by atoms with E-state index in [9.17, 15) is 8.42 Å². The average Bonchev–Trinajstić information content (AvgIpc) is 3.01. The first-order valence-corrected chi connectivity index (χ1v) is 7.42. The van der Waals surface area contributed by atoms with Crippen LogP contribution in [0.25, 0.3) is 0 Å². The third-order valence-electron chi connectivity index (χ3n) is 2.93. The van der Waals surface area contributed by atoms with E-state index in [0.717, 1.165) is 25.7 Å². The quantitative estimate of drug-likeness (QED) is 0.757. The molecule has 1 saturated carbocycles. The molecule has 6 heteroatoms. The Bertz CT molecular complexity index is 316. The topological polar surface area (TPSA) is 49.4 Å². The van der Waals surface area contributed by atoms with Gasteiger partial charge in [0.1, 0.15) is 0 Å². The van der Waals surface area contributed by atoms with Gasteiger partial charge in [0.15, 0.2) is 0 Å². The van der Waals surface area contributed by atoms with Crippen molar-refractivity contribution >= 4 is 21.8 Å². The maximum absolute atomic E-state index is 11.9. The van der Waals surface area contributed by atoms with Gasteiger partial charge in [-0.05, 0) is 31.6 Å². The second-order valence-electron chi connectivity index (χ2n) is 4.42. The van der Waals surface area contributed by atoms with Crippen molar-refractivity contribution in [3.05, 3.63) is 0 Å². The Labute approximate surface area is 96.2 Å². The van der Waals surface area contributed by atoms with E-state index in [0.29, 0.717) is 24.9 Å². The third-order valence-corrected chi connectivity index (χ3v) is 5.01. The van der Waals surface area contributed by atoms with Gasteiger partial charge in [0.05, 0.1) is 0 Å². The maximum atomic E-state index is 11.9. The van der Waals surface area contributed by atoms with Gasteiger partial charge in [-0.1, -0.05) is 0 Å². The van der Waals surface area contributed by atoms with Gasteiger partial charge >= 0.3 is 0 Å². The minimum Gasteiger partial charge on any atom is -0.199 e. The zero-order chi connectivity index (χ0) is 10.9. The van der Waals surface area contributed by atoms with E-state index in [-0.39, 0.29) is 6.04 Å². The molecule has 1 saturated heterocycles. The predicted molar refractivity (Wildman–Crippen MR) is 60.1 cm³/mol. The lowest BCUT2D eigenvalue weighted by Crippen LogP contribution is -2.46. The summed E-state index contributed by atoms with van der Waals surface area (Å²) in [6.07, 6.45) is 3.92. The lowest BCUT2D eigenvalue weighted by atomic mass is 10.0. The summed E-state index contributed by atoms with van der Waals surface area (Å²) in [6.45, 7) is 1.21. The van der Waals surface area contributed by atoms with E-state index in [1.807, 2.05) is 0 Å². The molecular formula is C9H17ClN2O2S. The molecule has 0 amide bonds. The zero-order valence-corrected chi connectivity index (χ0v) is 10.2. The number of nitrogens with one attached hydrogen (secondary N) is 1. The summed E-state index contributed by atoms with van der Waals surface area (Å²) >= 11 is 5.77. The number of hydrogen-bond donors (Lipinski definition) is 1. The Morgan fingerprint density at radius 1 is 1.33 bits per heavy atom. The molecule has 2 aliphatic rings. The van der Waals surface area contributed by atoms with Crippen LogP contribution in [0, 0.1) is 5.92 Å². The fourth-order valence-corrected chi connectivity index (χ4v) is 3.69. The number of rotatable bonds is 4. The summed E-state index contributed by atoms with van der Waals surface area (Å²) in [5, 5.41) is 0. The van der Waals surface area contributed by atoms with Crippen LogP contribution in [0.15, 0.2) is 0 Å². The molecule has 2 fully saturated rings. The molecule has 2 rings (SSSR count). The van der Waals surface area contributed by atoms with Crippen molar-refractivity contribution in [1.29, 1.82) is 0 Å². The van der Waals surface area contributed by atoms with Crippen LogP contribution >= 0.6 is 11.6 Å². The molecule has 0 aromatic carbocycles. The molecule has 0 aromatic heterocycles. The normalized spacial score (nSPS) is 29.3. The van der Waals surface area contributed by atoms with Crippen molar-refractivity contribution in [3.63, 3.8) is 0 Å². The van der Waals surface area contributed by atoms with E-state index in [2.05, 4.69) is 4.72 Å². The minimum absolute atomic E-state index is 0.186. The molecule has 88 valence electrons. The van der Waals surface area contributed by atoms with Gasteiger partial charge in [0.2, 0.25) is 0 Å². The summed E-state index contributed by atoms with van der Waals surface area (Å²) in [7, 11) is -3.24. The van der Waals surface area contributed by atoms with Gasteiger partial charge in [0.25, 0.3) is 10.2 Å². The Morgan fingerprint density at radius 2 is 2.07 bits per heavy atom. The molecule has 0 bridgehead atoms. The average molecular weight is 253 g/mol. The monoisotopic (exact) mass is 252 g/mol. The van der Waals surface area contributed by atoms with Crippen LogP contribution in [-0.2, 0) is 10.2 Å². The number of hydrogen-bond acceptors (Lipinski definition) is 2. The van der Waals surface area contributed by atoms with Crippen molar-refractivity contribution in [2.24, 2.45) is 5.92 Å². The van der Waals surface area contributed by atoms with Gasteiger partial charge in [-0.25, -0.2) is 0 Å². The third kappa shape index (κ3) is 3.06. The highest BCUT2D eigenvalue weighted by Crippen LogP contribution is 2.23. The van der Waals surface area contributed by atoms with Gasteiger partial charge in [-0.15, -0.1) is 11.6 Å². The van der Waals surface area contributed by atoms with E-state index >= 15 is 0 Å². The van der Waals surface area contributed by atoms with Crippen molar-refractivity contribution in [2.45, 2.75) is 31.7 Å². The first kappa shape index (κ1) is 11.6. The first-order valence-electron chi connectivity index (χ1n) is 5.45. The molecule has 1 aliphatic heterocycles. The largest absolute Gasteiger partial charge is 0.279 e. The Balaban J connectivity index is 1.95. The number of piperidine rings is 1. The van der Waals surface area contributed by atoms with Crippen LogP contribution in [0.3, 0.4) is 0 Å². The van der Waals surface area contributed by atoms with E-state index in [1.54, 1.807) is 4.31 Å². The highest BCUT2D eigenvalue weighted by molar-refractivity contribution is 7.87. The SMILES string of the molecule is O=S(=O)(NC1CC1)N1CCCC(CCl)C1. The van der Waals surface area contributed by atoms with Crippen LogP contribution in [0.4, 0.5) is 0 Å². The fourth-order valence-electron chi connectivity index (χ4n) is 1.86. The summed E-state index contributed by atoms with van der Waals surface area (Å²) in [5.41, 5.74) is 0. The minimum atomic E-state index is -3.24. The second-order valence-corrected chi connectivity index (χ2v) is 6.43. The van der Waals surface area contributed by atoms with Crippen LogP contribution in [0.5, 0.6) is 0 Å². The molecule has 1 heterocycles. The van der Waals surface area contributed by atoms with Gasteiger partial charge in [-0.2, -0.15) is 17.4 Å². The van der Waals surface area contributed by atoms with Crippen molar-refractivity contribution in [1.82, 2.24) is 9.03 Å². The van der Waals surface area contributed by atoms with E-state index in [4.69, 9.17) is 11.6 Å². The van der Waals surface area contributed by atoms with Gasteiger partial charge in [0, 0.05) is 25.0 Å². The van der Waals surface area contributed by atoms with E-state index in [1.165, 1.54) is 0 Å². The van der Waals surface area contributed by atoms with Crippen LogP contribution in [0.2, 0.25) is 0 Å². The molecule has 1 atom stereocenters. The zero-order valence-electron chi connectivity index (χ0n) is 8.65. The maximum Gasteiger partial charge on any atom is 0.279 e. The van der Waals surface area contributed by atoms with Crippen molar-refractivity contribution in [2.75, 3.05) is 19.0 Å². The standard InChI is InChI=1S/C9H17ClN2O2S/c10-6-8-2-1-5-12(7-8)15(13,14)11-9-3-4-9/h8-9,11H,1-7H2. The summed E-state index contributed by atoms with van der Waals surface area (Å²) in [6, 6.07) is 0.186. The molecule has 15 heavy (non-hydrogen) atoms. The smallest absolute Gasteiger partial charge is 0.199 e.